The number of nitrogens with zero attached hydrogens (tertiary/aromatic N) is 4. The number of para-hydroxylation sites is 1. The minimum atomic E-state index is 0.593. The molecule has 2 aromatic rings. The van der Waals surface area contributed by atoms with Crippen molar-refractivity contribution in [3.63, 3.8) is 0 Å². The number of nitrogens with one attached hydrogen (secondary N) is 2. The predicted octanol–water partition coefficient (Wildman–Crippen LogP) is 2.64. The number of likely N-dealkylation sites (tertiary alicyclic amines) is 1. The first-order valence-electron chi connectivity index (χ1n) is 9.92. The van der Waals surface area contributed by atoms with Gasteiger partial charge in [-0.25, -0.2) is 9.67 Å². The largest absolute Gasteiger partial charge is 0.357 e. The standard InChI is InChI=1S/C21H32N6/c1-5-22-21(24-15-19-10-8-12-26(19)4)23-14-18-9-6-7-11-20(18)27-17(3)13-16(2)25-27/h6-7,9,11,13,19H,5,8,10,12,14-15H2,1-4H3,(H2,22,23,24). The molecule has 1 aromatic heterocycles. The van der Waals surface area contributed by atoms with Gasteiger partial charge in [-0.2, -0.15) is 5.10 Å². The molecule has 3 rings (SSSR count). The molecular formula is C21H32N6. The Morgan fingerprint density at radius 2 is 2.07 bits per heavy atom. The number of guanidine groups is 1. The SMILES string of the molecule is CCNC(=NCc1ccccc1-n1nc(C)cc1C)NCC1CCCN1C. The molecule has 27 heavy (non-hydrogen) atoms. The smallest absolute Gasteiger partial charge is 0.191 e. The van der Waals surface area contributed by atoms with E-state index in [9.17, 15) is 0 Å². The van der Waals surface area contributed by atoms with Gasteiger partial charge in [-0.15, -0.1) is 0 Å². The van der Waals surface area contributed by atoms with Gasteiger partial charge in [0.25, 0.3) is 0 Å². The third-order valence-electron chi connectivity index (χ3n) is 5.16. The lowest BCUT2D eigenvalue weighted by atomic mass is 10.2. The normalized spacial score (nSPS) is 18.1. The van der Waals surface area contributed by atoms with Crippen LogP contribution in [0.3, 0.4) is 0 Å². The maximum absolute atomic E-state index is 4.83. The van der Waals surface area contributed by atoms with Crippen molar-refractivity contribution in [3.05, 3.63) is 47.3 Å². The second-order valence-corrected chi connectivity index (χ2v) is 7.32. The molecular weight excluding hydrogens is 336 g/mol. The fourth-order valence-corrected chi connectivity index (χ4v) is 3.68. The number of benzene rings is 1. The van der Waals surface area contributed by atoms with Crippen LogP contribution in [0.5, 0.6) is 0 Å². The summed E-state index contributed by atoms with van der Waals surface area (Å²) in [5, 5.41) is 11.5. The summed E-state index contributed by atoms with van der Waals surface area (Å²) < 4.78 is 2.01. The monoisotopic (exact) mass is 368 g/mol. The maximum Gasteiger partial charge on any atom is 0.191 e. The van der Waals surface area contributed by atoms with E-state index in [-0.39, 0.29) is 0 Å². The number of hydrogen-bond acceptors (Lipinski definition) is 3. The topological polar surface area (TPSA) is 57.5 Å². The molecule has 1 fully saturated rings. The van der Waals surface area contributed by atoms with Gasteiger partial charge in [-0.05, 0) is 64.9 Å². The van der Waals surface area contributed by atoms with E-state index in [1.807, 2.05) is 11.6 Å². The minimum Gasteiger partial charge on any atom is -0.357 e. The molecule has 1 saturated heterocycles. The highest BCUT2D eigenvalue weighted by atomic mass is 15.3. The molecule has 1 aliphatic heterocycles. The summed E-state index contributed by atoms with van der Waals surface area (Å²) in [6.07, 6.45) is 2.54. The minimum absolute atomic E-state index is 0.593. The number of hydrogen-bond donors (Lipinski definition) is 2. The summed E-state index contributed by atoms with van der Waals surface area (Å²) in [6.45, 7) is 9.80. The maximum atomic E-state index is 4.83. The zero-order valence-corrected chi connectivity index (χ0v) is 17.0. The molecule has 1 unspecified atom stereocenters. The summed E-state index contributed by atoms with van der Waals surface area (Å²) in [6, 6.07) is 11.0. The number of aliphatic imine (C=N–C) groups is 1. The molecule has 0 amide bonds. The molecule has 1 aliphatic rings. The first-order chi connectivity index (χ1) is 13.1. The van der Waals surface area contributed by atoms with Crippen LogP contribution in [-0.4, -0.2) is 53.4 Å². The Morgan fingerprint density at radius 3 is 2.74 bits per heavy atom. The Kier molecular flexibility index (Phi) is 6.50. The highest BCUT2D eigenvalue weighted by Crippen LogP contribution is 2.18. The number of aryl methyl sites for hydroxylation is 2. The molecule has 0 saturated carbocycles. The summed E-state index contributed by atoms with van der Waals surface area (Å²) in [7, 11) is 2.20. The van der Waals surface area contributed by atoms with Crippen LogP contribution >= 0.6 is 0 Å². The van der Waals surface area contributed by atoms with E-state index in [2.05, 4.69) is 71.9 Å². The second-order valence-electron chi connectivity index (χ2n) is 7.32. The molecule has 2 N–H and O–H groups in total. The van der Waals surface area contributed by atoms with Crippen LogP contribution in [0.25, 0.3) is 5.69 Å². The van der Waals surface area contributed by atoms with Crippen LogP contribution in [0.2, 0.25) is 0 Å². The lowest BCUT2D eigenvalue weighted by molar-refractivity contribution is 0.309. The summed E-state index contributed by atoms with van der Waals surface area (Å²) in [5.74, 6) is 0.876. The van der Waals surface area contributed by atoms with Crippen molar-refractivity contribution in [2.75, 3.05) is 26.7 Å². The van der Waals surface area contributed by atoms with Crippen molar-refractivity contribution in [1.29, 1.82) is 0 Å². The van der Waals surface area contributed by atoms with E-state index < -0.39 is 0 Å². The Labute approximate surface area is 162 Å². The summed E-state index contributed by atoms with van der Waals surface area (Å²) in [4.78, 5) is 7.25. The fraction of sp³-hybridized carbons (Fsp3) is 0.524. The molecule has 1 aromatic carbocycles. The van der Waals surface area contributed by atoms with Crippen LogP contribution in [0.1, 0.15) is 36.7 Å². The van der Waals surface area contributed by atoms with Crippen molar-refractivity contribution >= 4 is 5.96 Å². The Morgan fingerprint density at radius 1 is 1.26 bits per heavy atom. The molecule has 0 radical (unpaired) electrons. The first kappa shape index (κ1) is 19.4. The van der Waals surface area contributed by atoms with E-state index in [0.29, 0.717) is 12.6 Å². The van der Waals surface area contributed by atoms with Gasteiger partial charge in [-0.3, -0.25) is 0 Å². The molecule has 0 spiro atoms. The molecule has 0 aliphatic carbocycles. The van der Waals surface area contributed by atoms with E-state index >= 15 is 0 Å². The Balaban J connectivity index is 1.73. The predicted molar refractivity (Wildman–Crippen MR) is 112 cm³/mol. The first-order valence-corrected chi connectivity index (χ1v) is 9.92. The summed E-state index contributed by atoms with van der Waals surface area (Å²) >= 11 is 0. The van der Waals surface area contributed by atoms with Crippen LogP contribution in [0.4, 0.5) is 0 Å². The second kappa shape index (κ2) is 9.04. The van der Waals surface area contributed by atoms with Crippen LogP contribution in [-0.2, 0) is 6.54 Å². The van der Waals surface area contributed by atoms with Crippen molar-refractivity contribution < 1.29 is 0 Å². The zero-order chi connectivity index (χ0) is 19.2. The molecule has 1 atom stereocenters. The average molecular weight is 369 g/mol. The Bertz CT molecular complexity index is 779. The zero-order valence-electron chi connectivity index (χ0n) is 17.0. The third-order valence-corrected chi connectivity index (χ3v) is 5.16. The van der Waals surface area contributed by atoms with Crippen molar-refractivity contribution in [2.24, 2.45) is 4.99 Å². The van der Waals surface area contributed by atoms with Gasteiger partial charge in [0.15, 0.2) is 5.96 Å². The molecule has 0 bridgehead atoms. The van der Waals surface area contributed by atoms with Gasteiger partial charge in [0.05, 0.1) is 17.9 Å². The third kappa shape index (κ3) is 4.89. The average Bonchev–Trinajstić information content (AvgIpc) is 3.22. The van der Waals surface area contributed by atoms with Gasteiger partial charge in [-0.1, -0.05) is 18.2 Å². The molecule has 6 heteroatoms. The highest BCUT2D eigenvalue weighted by molar-refractivity contribution is 5.79. The van der Waals surface area contributed by atoms with Crippen LogP contribution in [0, 0.1) is 13.8 Å². The number of likely N-dealkylation sites (N-methyl/N-ethyl adjacent to an activating group) is 1. The lowest BCUT2D eigenvalue weighted by Crippen LogP contribution is -2.44. The van der Waals surface area contributed by atoms with Crippen molar-refractivity contribution in [3.8, 4) is 5.69 Å². The van der Waals surface area contributed by atoms with Gasteiger partial charge in [0, 0.05) is 24.8 Å². The fourth-order valence-electron chi connectivity index (χ4n) is 3.68. The number of aromatic nitrogens is 2. The highest BCUT2D eigenvalue weighted by Gasteiger charge is 2.20. The number of rotatable bonds is 6. The van der Waals surface area contributed by atoms with E-state index in [1.54, 1.807) is 0 Å². The molecule has 2 heterocycles. The van der Waals surface area contributed by atoms with Crippen molar-refractivity contribution in [2.45, 2.75) is 46.2 Å². The molecule has 6 nitrogen and oxygen atoms in total. The van der Waals surface area contributed by atoms with Gasteiger partial charge >= 0.3 is 0 Å². The van der Waals surface area contributed by atoms with Crippen LogP contribution < -0.4 is 10.6 Å². The van der Waals surface area contributed by atoms with Crippen LogP contribution in [0.15, 0.2) is 35.3 Å². The van der Waals surface area contributed by atoms with Crippen molar-refractivity contribution in [1.82, 2.24) is 25.3 Å². The van der Waals surface area contributed by atoms with Gasteiger partial charge in [0.2, 0.25) is 0 Å². The Hall–Kier alpha value is -2.34. The van der Waals surface area contributed by atoms with Gasteiger partial charge in [0.1, 0.15) is 0 Å². The van der Waals surface area contributed by atoms with Gasteiger partial charge < -0.3 is 15.5 Å². The lowest BCUT2D eigenvalue weighted by Gasteiger charge is -2.21. The quantitative estimate of drug-likeness (QED) is 0.608. The van der Waals surface area contributed by atoms with E-state index in [0.717, 1.165) is 36.1 Å². The van der Waals surface area contributed by atoms with E-state index in [4.69, 9.17) is 4.99 Å². The summed E-state index contributed by atoms with van der Waals surface area (Å²) in [5.41, 5.74) is 4.43. The molecule has 146 valence electrons. The van der Waals surface area contributed by atoms with E-state index in [1.165, 1.54) is 24.9 Å².